The second-order valence-electron chi connectivity index (χ2n) is 3.89. The fourth-order valence-corrected chi connectivity index (χ4v) is 2.35. The molecule has 2 N–H and O–H groups in total. The van der Waals surface area contributed by atoms with Crippen LogP contribution in [0.2, 0.25) is 0 Å². The second-order valence-corrected chi connectivity index (χ2v) is 5.55. The van der Waals surface area contributed by atoms with Gasteiger partial charge in [-0.05, 0) is 20.0 Å². The number of rotatable bonds is 7. The van der Waals surface area contributed by atoms with Gasteiger partial charge in [0.25, 0.3) is 10.0 Å². The van der Waals surface area contributed by atoms with Crippen LogP contribution < -0.4 is 10.1 Å². The zero-order valence-corrected chi connectivity index (χ0v) is 11.2. The first kappa shape index (κ1) is 14.1. The van der Waals surface area contributed by atoms with Crippen LogP contribution >= 0.6 is 0 Å². The number of hydrogen-bond acceptors (Lipinski definition) is 5. The molecule has 1 rings (SSSR count). The van der Waals surface area contributed by atoms with Crippen LogP contribution in [0.5, 0.6) is 0 Å². The van der Waals surface area contributed by atoms with Crippen molar-refractivity contribution in [1.82, 2.24) is 24.9 Å². The number of hydrazine groups is 1. The van der Waals surface area contributed by atoms with Gasteiger partial charge in [-0.2, -0.15) is 5.10 Å². The summed E-state index contributed by atoms with van der Waals surface area (Å²) in [5.74, 6) is 0. The maximum Gasteiger partial charge on any atom is 0.256 e. The number of aryl methyl sites for hydroxylation is 1. The minimum Gasteiger partial charge on any atom is -0.320 e. The Kier molecular flexibility index (Phi) is 5.06. The fourth-order valence-electron chi connectivity index (χ4n) is 1.32. The number of hydrogen-bond donors (Lipinski definition) is 2. The van der Waals surface area contributed by atoms with Gasteiger partial charge >= 0.3 is 0 Å². The van der Waals surface area contributed by atoms with Crippen LogP contribution in [0.1, 0.15) is 6.42 Å². The standard InChI is InChI=1S/C9H19N5O2S/c1-10-5-4-6-14-8-9(7-11-14)17(15,16)12-13(2)3/h7-8,10,12H,4-6H2,1-3H3. The van der Waals surface area contributed by atoms with Crippen molar-refractivity contribution in [3.05, 3.63) is 12.4 Å². The van der Waals surface area contributed by atoms with Crippen molar-refractivity contribution in [2.45, 2.75) is 17.9 Å². The third-order valence-corrected chi connectivity index (χ3v) is 3.47. The van der Waals surface area contributed by atoms with Crippen molar-refractivity contribution in [2.75, 3.05) is 27.7 Å². The van der Waals surface area contributed by atoms with Gasteiger partial charge in [0.1, 0.15) is 4.90 Å². The van der Waals surface area contributed by atoms with E-state index in [0.29, 0.717) is 6.54 Å². The highest BCUT2D eigenvalue weighted by Gasteiger charge is 2.16. The molecule has 17 heavy (non-hydrogen) atoms. The first-order chi connectivity index (χ1) is 7.95. The molecule has 0 aliphatic heterocycles. The van der Waals surface area contributed by atoms with Gasteiger partial charge in [-0.25, -0.2) is 13.4 Å². The summed E-state index contributed by atoms with van der Waals surface area (Å²) in [4.78, 5) is 2.53. The minimum absolute atomic E-state index is 0.177. The fraction of sp³-hybridized carbons (Fsp3) is 0.667. The molecule has 98 valence electrons. The van der Waals surface area contributed by atoms with E-state index in [-0.39, 0.29) is 4.90 Å². The molecule has 1 aromatic rings. The zero-order chi connectivity index (χ0) is 12.9. The van der Waals surface area contributed by atoms with Crippen LogP contribution in [0.4, 0.5) is 0 Å². The lowest BCUT2D eigenvalue weighted by atomic mass is 10.4. The molecule has 1 heterocycles. The molecular weight excluding hydrogens is 242 g/mol. The highest BCUT2D eigenvalue weighted by atomic mass is 32.2. The second kappa shape index (κ2) is 6.10. The molecule has 0 fully saturated rings. The van der Waals surface area contributed by atoms with Gasteiger partial charge in [0.2, 0.25) is 0 Å². The molecule has 0 radical (unpaired) electrons. The minimum atomic E-state index is -3.49. The van der Waals surface area contributed by atoms with Crippen LogP contribution in [0.15, 0.2) is 17.3 Å². The van der Waals surface area contributed by atoms with E-state index in [2.05, 4.69) is 15.2 Å². The molecule has 0 amide bonds. The highest BCUT2D eigenvalue weighted by molar-refractivity contribution is 7.89. The summed E-state index contributed by atoms with van der Waals surface area (Å²) in [7, 11) is 1.62. The summed E-state index contributed by atoms with van der Waals surface area (Å²) >= 11 is 0. The molecule has 0 spiro atoms. The van der Waals surface area contributed by atoms with Crippen LogP contribution in [-0.2, 0) is 16.6 Å². The average Bonchev–Trinajstić information content (AvgIpc) is 2.65. The topological polar surface area (TPSA) is 79.3 Å². The summed E-state index contributed by atoms with van der Waals surface area (Å²) < 4.78 is 25.2. The molecule has 0 aliphatic carbocycles. The van der Waals surface area contributed by atoms with E-state index < -0.39 is 10.0 Å². The van der Waals surface area contributed by atoms with Crippen LogP contribution in [-0.4, -0.2) is 50.9 Å². The normalized spacial score (nSPS) is 12.2. The van der Waals surface area contributed by atoms with Crippen molar-refractivity contribution in [3.8, 4) is 0 Å². The van der Waals surface area contributed by atoms with E-state index in [1.54, 1.807) is 18.8 Å². The summed E-state index contributed by atoms with van der Waals surface area (Å²) in [5, 5.41) is 8.42. The lowest BCUT2D eigenvalue weighted by Gasteiger charge is -2.10. The Labute approximate surface area is 102 Å². The van der Waals surface area contributed by atoms with E-state index >= 15 is 0 Å². The summed E-state index contributed by atoms with van der Waals surface area (Å²) in [5.41, 5.74) is 0. The zero-order valence-electron chi connectivity index (χ0n) is 10.3. The van der Waals surface area contributed by atoms with Gasteiger partial charge in [-0.15, -0.1) is 4.83 Å². The Hall–Kier alpha value is -0.960. The van der Waals surface area contributed by atoms with E-state index in [9.17, 15) is 8.42 Å². The van der Waals surface area contributed by atoms with Crippen molar-refractivity contribution in [2.24, 2.45) is 0 Å². The van der Waals surface area contributed by atoms with Crippen molar-refractivity contribution in [3.63, 3.8) is 0 Å². The molecule has 0 atom stereocenters. The molecule has 0 unspecified atom stereocenters. The number of nitrogens with one attached hydrogen (secondary N) is 2. The van der Waals surface area contributed by atoms with E-state index in [1.807, 2.05) is 7.05 Å². The molecular formula is C9H19N5O2S. The van der Waals surface area contributed by atoms with Crippen molar-refractivity contribution in [1.29, 1.82) is 0 Å². The highest BCUT2D eigenvalue weighted by Crippen LogP contribution is 2.07. The molecule has 0 saturated heterocycles. The molecule has 1 aromatic heterocycles. The summed E-state index contributed by atoms with van der Waals surface area (Å²) in [6.07, 6.45) is 3.78. The van der Waals surface area contributed by atoms with Gasteiger partial charge in [-0.3, -0.25) is 4.68 Å². The van der Waals surface area contributed by atoms with Crippen LogP contribution in [0.25, 0.3) is 0 Å². The summed E-state index contributed by atoms with van der Waals surface area (Å²) in [6.45, 7) is 1.57. The molecule has 0 aromatic carbocycles. The number of aromatic nitrogens is 2. The Morgan fingerprint density at radius 2 is 2.18 bits per heavy atom. The smallest absolute Gasteiger partial charge is 0.256 e. The van der Waals surface area contributed by atoms with E-state index in [0.717, 1.165) is 13.0 Å². The first-order valence-electron chi connectivity index (χ1n) is 5.32. The molecule has 0 aliphatic rings. The quantitative estimate of drug-likeness (QED) is 0.498. The summed E-state index contributed by atoms with van der Waals surface area (Å²) in [6, 6.07) is 0. The Balaban J connectivity index is 2.67. The molecule has 0 bridgehead atoms. The van der Waals surface area contributed by atoms with Crippen LogP contribution in [0, 0.1) is 0 Å². The largest absolute Gasteiger partial charge is 0.320 e. The van der Waals surface area contributed by atoms with E-state index in [1.165, 1.54) is 17.4 Å². The van der Waals surface area contributed by atoms with Gasteiger partial charge in [0.15, 0.2) is 0 Å². The Morgan fingerprint density at radius 3 is 2.76 bits per heavy atom. The first-order valence-corrected chi connectivity index (χ1v) is 6.81. The molecule has 7 nitrogen and oxygen atoms in total. The number of nitrogens with zero attached hydrogens (tertiary/aromatic N) is 3. The van der Waals surface area contributed by atoms with Gasteiger partial charge in [0, 0.05) is 26.8 Å². The lowest BCUT2D eigenvalue weighted by molar-refractivity contribution is 0.364. The Bertz CT molecular complexity index is 440. The molecule has 0 saturated carbocycles. The third kappa shape index (κ3) is 4.43. The van der Waals surface area contributed by atoms with Gasteiger partial charge < -0.3 is 5.32 Å². The number of sulfonamides is 1. The van der Waals surface area contributed by atoms with Crippen molar-refractivity contribution >= 4 is 10.0 Å². The monoisotopic (exact) mass is 261 g/mol. The Morgan fingerprint density at radius 1 is 1.47 bits per heavy atom. The SMILES string of the molecule is CNCCCn1cc(S(=O)(=O)NN(C)C)cn1. The van der Waals surface area contributed by atoms with Crippen LogP contribution in [0.3, 0.4) is 0 Å². The van der Waals surface area contributed by atoms with Crippen molar-refractivity contribution < 1.29 is 8.42 Å². The van der Waals surface area contributed by atoms with Gasteiger partial charge in [0.05, 0.1) is 6.20 Å². The predicted octanol–water partition coefficient (Wildman–Crippen LogP) is -0.752. The van der Waals surface area contributed by atoms with E-state index in [4.69, 9.17) is 0 Å². The van der Waals surface area contributed by atoms with Gasteiger partial charge in [-0.1, -0.05) is 0 Å². The maximum atomic E-state index is 11.8. The average molecular weight is 261 g/mol. The maximum absolute atomic E-state index is 11.8. The lowest BCUT2D eigenvalue weighted by Crippen LogP contribution is -2.35. The third-order valence-electron chi connectivity index (χ3n) is 2.04. The molecule has 8 heteroatoms. The predicted molar refractivity (Wildman–Crippen MR) is 64.8 cm³/mol.